The number of rotatable bonds is 5. The second-order valence-electron chi connectivity index (χ2n) is 8.63. The number of piperazine rings is 1. The first-order valence-electron chi connectivity index (χ1n) is 11.4. The molecule has 0 bridgehead atoms. The Hall–Kier alpha value is -2.27. The summed E-state index contributed by atoms with van der Waals surface area (Å²) in [5.74, 6) is 0.495. The lowest BCUT2D eigenvalue weighted by Gasteiger charge is -2.35. The van der Waals surface area contributed by atoms with Crippen LogP contribution in [0.1, 0.15) is 31.2 Å². The predicted molar refractivity (Wildman–Crippen MR) is 134 cm³/mol. The van der Waals surface area contributed by atoms with Gasteiger partial charge in [0, 0.05) is 45.0 Å². The van der Waals surface area contributed by atoms with Gasteiger partial charge in [0.05, 0.1) is 17.1 Å². The lowest BCUT2D eigenvalue weighted by atomic mass is 10.2. The summed E-state index contributed by atoms with van der Waals surface area (Å²) in [5.41, 5.74) is 0.798. The number of thioether (sulfide) groups is 1. The number of aromatic nitrogens is 2. The normalized spacial score (nSPS) is 21.8. The van der Waals surface area contributed by atoms with Crippen LogP contribution in [0.4, 0.5) is 5.82 Å². The number of carbonyl (C=O) groups excluding carboxylic acids is 1. The van der Waals surface area contributed by atoms with E-state index in [1.54, 1.807) is 23.2 Å². The molecule has 33 heavy (non-hydrogen) atoms. The van der Waals surface area contributed by atoms with E-state index in [1.807, 2.05) is 12.1 Å². The van der Waals surface area contributed by atoms with Gasteiger partial charge in [-0.05, 0) is 31.1 Å². The first kappa shape index (κ1) is 22.5. The number of carbonyl (C=O) groups is 1. The molecule has 2 saturated heterocycles. The molecule has 10 heteroatoms. The largest absolute Gasteiger partial charge is 0.395 e. The standard InChI is InChI=1S/C23H27N5O3S2/c29-14-13-25-9-11-26(12-10-25)20-17(21(30)27-8-4-3-7-19(27)24-20)15-18-22(31)28(23(32)33-18)16-5-1-2-6-16/h3-4,7-8,15-16,29H,1-2,5-6,9-14H2/b18-15+. The Kier molecular flexibility index (Phi) is 6.51. The van der Waals surface area contributed by atoms with Crippen LogP contribution in [0, 0.1) is 0 Å². The van der Waals surface area contributed by atoms with Gasteiger partial charge in [0.15, 0.2) is 0 Å². The topological polar surface area (TPSA) is 81.4 Å². The van der Waals surface area contributed by atoms with Gasteiger partial charge in [-0.3, -0.25) is 23.8 Å². The van der Waals surface area contributed by atoms with E-state index in [2.05, 4.69) is 9.80 Å². The Morgan fingerprint density at radius 2 is 1.91 bits per heavy atom. The number of anilines is 1. The number of hydrogen-bond donors (Lipinski definition) is 1. The van der Waals surface area contributed by atoms with E-state index >= 15 is 0 Å². The number of aliphatic hydroxyl groups is 1. The van der Waals surface area contributed by atoms with Crippen molar-refractivity contribution in [2.75, 3.05) is 44.2 Å². The number of hydrogen-bond acceptors (Lipinski definition) is 8. The highest BCUT2D eigenvalue weighted by molar-refractivity contribution is 8.26. The maximum absolute atomic E-state index is 13.5. The summed E-state index contributed by atoms with van der Waals surface area (Å²) >= 11 is 6.82. The summed E-state index contributed by atoms with van der Waals surface area (Å²) in [5, 5.41) is 9.24. The number of thiocarbonyl (C=S) groups is 1. The summed E-state index contributed by atoms with van der Waals surface area (Å²) in [6.07, 6.45) is 7.58. The van der Waals surface area contributed by atoms with Crippen molar-refractivity contribution in [3.05, 3.63) is 45.2 Å². The molecule has 2 aliphatic heterocycles. The summed E-state index contributed by atoms with van der Waals surface area (Å²) in [4.78, 5) is 38.1. The third kappa shape index (κ3) is 4.32. The summed E-state index contributed by atoms with van der Waals surface area (Å²) in [6, 6.07) is 5.64. The molecule has 0 radical (unpaired) electrons. The van der Waals surface area contributed by atoms with Gasteiger partial charge in [0.1, 0.15) is 15.8 Å². The van der Waals surface area contributed by atoms with Crippen molar-refractivity contribution in [3.8, 4) is 0 Å². The number of aliphatic hydroxyl groups excluding tert-OH is 1. The third-order valence-electron chi connectivity index (χ3n) is 6.63. The zero-order valence-corrected chi connectivity index (χ0v) is 20.0. The monoisotopic (exact) mass is 485 g/mol. The molecule has 0 aromatic carbocycles. The van der Waals surface area contributed by atoms with Gasteiger partial charge < -0.3 is 10.0 Å². The van der Waals surface area contributed by atoms with Crippen LogP contribution in [-0.2, 0) is 4.79 Å². The second kappa shape index (κ2) is 9.54. The molecule has 0 unspecified atom stereocenters. The van der Waals surface area contributed by atoms with Gasteiger partial charge in [-0.2, -0.15) is 0 Å². The lowest BCUT2D eigenvalue weighted by molar-refractivity contribution is -0.123. The van der Waals surface area contributed by atoms with E-state index in [0.717, 1.165) is 38.8 Å². The summed E-state index contributed by atoms with van der Waals surface area (Å²) in [7, 11) is 0. The minimum absolute atomic E-state index is 0.104. The fourth-order valence-electron chi connectivity index (χ4n) is 4.87. The van der Waals surface area contributed by atoms with Gasteiger partial charge in [0.2, 0.25) is 0 Å². The molecule has 2 aromatic heterocycles. The van der Waals surface area contributed by atoms with E-state index in [-0.39, 0.29) is 24.1 Å². The van der Waals surface area contributed by atoms with Crippen molar-refractivity contribution in [1.82, 2.24) is 19.2 Å². The molecule has 1 amide bonds. The molecule has 1 saturated carbocycles. The van der Waals surface area contributed by atoms with Crippen LogP contribution in [0.25, 0.3) is 11.7 Å². The zero-order valence-electron chi connectivity index (χ0n) is 18.4. The van der Waals surface area contributed by atoms with Crippen LogP contribution < -0.4 is 10.5 Å². The molecule has 174 valence electrons. The predicted octanol–water partition coefficient (Wildman–Crippen LogP) is 1.95. The van der Waals surface area contributed by atoms with Gasteiger partial charge in [0.25, 0.3) is 11.5 Å². The third-order valence-corrected chi connectivity index (χ3v) is 7.96. The van der Waals surface area contributed by atoms with Crippen molar-refractivity contribution in [3.63, 3.8) is 0 Å². The van der Waals surface area contributed by atoms with E-state index in [0.29, 0.717) is 45.9 Å². The quantitative estimate of drug-likeness (QED) is 0.509. The lowest BCUT2D eigenvalue weighted by Crippen LogP contribution is -2.48. The Morgan fingerprint density at radius 1 is 1.15 bits per heavy atom. The van der Waals surface area contributed by atoms with Crippen molar-refractivity contribution in [1.29, 1.82) is 0 Å². The Bertz CT molecular complexity index is 1170. The molecule has 0 spiro atoms. The first-order chi connectivity index (χ1) is 16.1. The van der Waals surface area contributed by atoms with Gasteiger partial charge in [-0.1, -0.05) is 42.9 Å². The number of nitrogens with zero attached hydrogens (tertiary/aromatic N) is 5. The highest BCUT2D eigenvalue weighted by Gasteiger charge is 2.38. The fraction of sp³-hybridized carbons (Fsp3) is 0.478. The van der Waals surface area contributed by atoms with Crippen molar-refractivity contribution in [2.24, 2.45) is 0 Å². The van der Waals surface area contributed by atoms with E-state index < -0.39 is 0 Å². The molecule has 2 aromatic rings. The molecular weight excluding hydrogens is 458 g/mol. The zero-order chi connectivity index (χ0) is 22.9. The molecule has 1 N–H and O–H groups in total. The Balaban J connectivity index is 1.54. The van der Waals surface area contributed by atoms with Crippen molar-refractivity contribution in [2.45, 2.75) is 31.7 Å². The fourth-order valence-corrected chi connectivity index (χ4v) is 6.25. The van der Waals surface area contributed by atoms with Crippen LogP contribution in [-0.4, -0.2) is 79.9 Å². The van der Waals surface area contributed by atoms with E-state index in [4.69, 9.17) is 17.2 Å². The SMILES string of the molecule is O=C1/C(=C\c2c(N3CCN(CCO)CC3)nc3ccccn3c2=O)SC(=S)N1C1CCCC1. The number of β-amino-alcohol motifs (C(OH)–C–C–N with tert-alkyl or cyclic N) is 1. The minimum atomic E-state index is -0.195. The summed E-state index contributed by atoms with van der Waals surface area (Å²) in [6.45, 7) is 3.71. The maximum atomic E-state index is 13.5. The van der Waals surface area contributed by atoms with Gasteiger partial charge in [-0.15, -0.1) is 0 Å². The van der Waals surface area contributed by atoms with Crippen LogP contribution in [0.5, 0.6) is 0 Å². The van der Waals surface area contributed by atoms with Crippen molar-refractivity contribution < 1.29 is 9.90 Å². The van der Waals surface area contributed by atoms with Crippen LogP contribution in [0.2, 0.25) is 0 Å². The first-order valence-corrected chi connectivity index (χ1v) is 12.7. The average molecular weight is 486 g/mol. The number of pyridine rings is 1. The maximum Gasteiger partial charge on any atom is 0.267 e. The smallest absolute Gasteiger partial charge is 0.267 e. The Labute approximate surface area is 201 Å². The molecule has 8 nitrogen and oxygen atoms in total. The molecule has 1 aliphatic carbocycles. The molecular formula is C23H27N5O3S2. The highest BCUT2D eigenvalue weighted by atomic mass is 32.2. The molecule has 0 atom stereocenters. The minimum Gasteiger partial charge on any atom is -0.395 e. The van der Waals surface area contributed by atoms with E-state index in [1.165, 1.54) is 16.2 Å². The summed E-state index contributed by atoms with van der Waals surface area (Å²) < 4.78 is 2.10. The second-order valence-corrected chi connectivity index (χ2v) is 10.3. The molecule has 3 aliphatic rings. The molecule has 5 rings (SSSR count). The molecule has 4 heterocycles. The average Bonchev–Trinajstić information content (AvgIpc) is 3.44. The van der Waals surface area contributed by atoms with E-state index in [9.17, 15) is 14.7 Å². The van der Waals surface area contributed by atoms with Crippen LogP contribution in [0.3, 0.4) is 0 Å². The number of amides is 1. The Morgan fingerprint density at radius 3 is 2.64 bits per heavy atom. The van der Waals surface area contributed by atoms with Gasteiger partial charge in [-0.25, -0.2) is 4.98 Å². The van der Waals surface area contributed by atoms with Crippen LogP contribution >= 0.6 is 24.0 Å². The van der Waals surface area contributed by atoms with Crippen molar-refractivity contribution >= 4 is 51.7 Å². The number of fused-ring (bicyclic) bond motifs is 1. The highest BCUT2D eigenvalue weighted by Crippen LogP contribution is 2.38. The van der Waals surface area contributed by atoms with Crippen LogP contribution in [0.15, 0.2) is 34.1 Å². The van der Waals surface area contributed by atoms with Gasteiger partial charge >= 0.3 is 0 Å². The molecule has 3 fully saturated rings.